The number of phenols is 1. The minimum atomic E-state index is -0.514. The third-order valence-corrected chi connectivity index (χ3v) is 1.06. The number of hydrogen-bond acceptors (Lipinski definition) is 3. The van der Waals surface area contributed by atoms with Crippen molar-refractivity contribution >= 4 is 5.69 Å². The summed E-state index contributed by atoms with van der Waals surface area (Å²) in [5.41, 5.74) is -0.0159. The van der Waals surface area contributed by atoms with E-state index in [0.717, 1.165) is 0 Å². The van der Waals surface area contributed by atoms with Crippen LogP contribution in [-0.2, 0) is 26.2 Å². The van der Waals surface area contributed by atoms with E-state index in [1.165, 1.54) is 24.3 Å². The first-order valence-electron chi connectivity index (χ1n) is 2.63. The summed E-state index contributed by atoms with van der Waals surface area (Å²) in [7, 11) is 0. The molecule has 11 heavy (non-hydrogen) atoms. The summed E-state index contributed by atoms with van der Waals surface area (Å²) in [4.78, 5) is 9.52. The predicted octanol–water partition coefficient (Wildman–Crippen LogP) is 1.30. The molecule has 0 heterocycles. The molecule has 1 aromatic carbocycles. The topological polar surface area (TPSA) is 63.4 Å². The molecule has 0 radical (unpaired) electrons. The van der Waals surface area contributed by atoms with Crippen molar-refractivity contribution in [2.45, 2.75) is 0 Å². The molecule has 4 nitrogen and oxygen atoms in total. The molecule has 0 saturated heterocycles. The fraction of sp³-hybridized carbons (Fsp3) is 0. The van der Waals surface area contributed by atoms with Crippen LogP contribution < -0.4 is 0 Å². The van der Waals surface area contributed by atoms with E-state index in [9.17, 15) is 10.1 Å². The van der Waals surface area contributed by atoms with E-state index in [1.807, 2.05) is 0 Å². The number of nitro groups is 1. The van der Waals surface area contributed by atoms with Crippen molar-refractivity contribution in [1.29, 1.82) is 0 Å². The number of benzene rings is 1. The number of phenolic OH excluding ortho intramolecular Hbond substituents is 1. The molecule has 5 heteroatoms. The Balaban J connectivity index is 0.000001000. The summed E-state index contributed by atoms with van der Waals surface area (Å²) in [5.74, 6) is 0.0330. The Kier molecular flexibility index (Phi) is 3.97. The van der Waals surface area contributed by atoms with E-state index in [-0.39, 0.29) is 37.6 Å². The molecule has 0 aromatic heterocycles. The van der Waals surface area contributed by atoms with Gasteiger partial charge < -0.3 is 5.11 Å². The molecule has 0 amide bonds. The van der Waals surface area contributed by atoms with E-state index in [2.05, 4.69) is 0 Å². The molecular formula is C6H5NO3Zr. The van der Waals surface area contributed by atoms with Crippen LogP contribution in [0.4, 0.5) is 5.69 Å². The van der Waals surface area contributed by atoms with Gasteiger partial charge in [0.05, 0.1) is 4.92 Å². The first-order chi connectivity index (χ1) is 4.70. The summed E-state index contributed by atoms with van der Waals surface area (Å²) >= 11 is 0. The second-order valence-electron chi connectivity index (χ2n) is 1.77. The molecule has 1 aromatic rings. The Morgan fingerprint density at radius 3 is 2.09 bits per heavy atom. The molecule has 0 unspecified atom stereocenters. The average Bonchev–Trinajstić information content (AvgIpc) is 1.88. The van der Waals surface area contributed by atoms with Crippen molar-refractivity contribution in [1.82, 2.24) is 0 Å². The van der Waals surface area contributed by atoms with Gasteiger partial charge in [0.25, 0.3) is 5.69 Å². The molecular weight excluding hydrogens is 225 g/mol. The second-order valence-corrected chi connectivity index (χ2v) is 1.77. The molecule has 1 rings (SSSR count). The van der Waals surface area contributed by atoms with Crippen LogP contribution >= 0.6 is 0 Å². The first-order valence-corrected chi connectivity index (χ1v) is 2.63. The van der Waals surface area contributed by atoms with Crippen molar-refractivity contribution in [2.24, 2.45) is 0 Å². The zero-order valence-electron chi connectivity index (χ0n) is 5.52. The Hall–Kier alpha value is -0.697. The van der Waals surface area contributed by atoms with Crippen molar-refractivity contribution in [3.8, 4) is 5.75 Å². The number of rotatable bonds is 1. The van der Waals surface area contributed by atoms with E-state index >= 15 is 0 Å². The van der Waals surface area contributed by atoms with Gasteiger partial charge in [-0.3, -0.25) is 10.1 Å². The Bertz CT molecular complexity index is 247. The summed E-state index contributed by atoms with van der Waals surface area (Å²) in [6.07, 6.45) is 0. The van der Waals surface area contributed by atoms with Crippen LogP contribution in [0.1, 0.15) is 0 Å². The fourth-order valence-corrected chi connectivity index (χ4v) is 0.574. The maximum absolute atomic E-state index is 10.0. The minimum Gasteiger partial charge on any atom is -0.508 e. The summed E-state index contributed by atoms with van der Waals surface area (Å²) in [6, 6.07) is 5.04. The fourth-order valence-electron chi connectivity index (χ4n) is 0.574. The van der Waals surface area contributed by atoms with E-state index < -0.39 is 4.92 Å². The molecule has 0 fully saturated rings. The maximum atomic E-state index is 10.0. The summed E-state index contributed by atoms with van der Waals surface area (Å²) in [5, 5.41) is 18.8. The van der Waals surface area contributed by atoms with Crippen LogP contribution in [0.3, 0.4) is 0 Å². The summed E-state index contributed by atoms with van der Waals surface area (Å²) in [6.45, 7) is 0. The minimum absolute atomic E-state index is 0. The largest absolute Gasteiger partial charge is 0.508 e. The van der Waals surface area contributed by atoms with Crippen molar-refractivity contribution in [2.75, 3.05) is 0 Å². The van der Waals surface area contributed by atoms with Gasteiger partial charge in [0.15, 0.2) is 0 Å². The van der Waals surface area contributed by atoms with Crippen molar-refractivity contribution < 1.29 is 36.2 Å². The number of hydrogen-bond donors (Lipinski definition) is 1. The number of nitro benzene ring substituents is 1. The Morgan fingerprint density at radius 2 is 1.73 bits per heavy atom. The van der Waals surface area contributed by atoms with Gasteiger partial charge in [-0.2, -0.15) is 0 Å². The van der Waals surface area contributed by atoms with Gasteiger partial charge in [-0.25, -0.2) is 0 Å². The van der Waals surface area contributed by atoms with Crippen LogP contribution in [0, 0.1) is 10.1 Å². The van der Waals surface area contributed by atoms with E-state index in [4.69, 9.17) is 5.11 Å². The third-order valence-electron chi connectivity index (χ3n) is 1.06. The molecule has 1 N–H and O–H groups in total. The van der Waals surface area contributed by atoms with Gasteiger partial charge in [0, 0.05) is 38.3 Å². The predicted molar refractivity (Wildman–Crippen MR) is 34.8 cm³/mol. The molecule has 0 aliphatic rings. The number of non-ortho nitro benzene ring substituents is 1. The average molecular weight is 230 g/mol. The van der Waals surface area contributed by atoms with Crippen molar-refractivity contribution in [3.05, 3.63) is 34.4 Å². The van der Waals surface area contributed by atoms with Gasteiger partial charge in [-0.1, -0.05) is 0 Å². The molecule has 56 valence electrons. The van der Waals surface area contributed by atoms with E-state index in [1.54, 1.807) is 0 Å². The van der Waals surface area contributed by atoms with Gasteiger partial charge in [-0.05, 0) is 12.1 Å². The quantitative estimate of drug-likeness (QED) is 0.584. The number of nitrogens with zero attached hydrogens (tertiary/aromatic N) is 1. The standard InChI is InChI=1S/C6H5NO3.Zr/c8-6-3-1-5(2-4-6)7(9)10;/h1-4,8H;. The first kappa shape index (κ1) is 10.3. The zero-order valence-corrected chi connectivity index (χ0v) is 7.98. The van der Waals surface area contributed by atoms with Gasteiger partial charge in [-0.15, -0.1) is 0 Å². The monoisotopic (exact) mass is 229 g/mol. The summed E-state index contributed by atoms with van der Waals surface area (Å²) < 4.78 is 0. The molecule has 0 atom stereocenters. The van der Waals surface area contributed by atoms with Gasteiger partial charge in [0.1, 0.15) is 5.75 Å². The van der Waals surface area contributed by atoms with Gasteiger partial charge >= 0.3 is 0 Å². The van der Waals surface area contributed by atoms with Crippen LogP contribution in [0.15, 0.2) is 24.3 Å². The smallest absolute Gasteiger partial charge is 0.269 e. The Labute approximate surface area is 82.1 Å². The molecule has 0 bridgehead atoms. The van der Waals surface area contributed by atoms with Crippen LogP contribution in [0.25, 0.3) is 0 Å². The second kappa shape index (κ2) is 4.24. The third kappa shape index (κ3) is 2.80. The van der Waals surface area contributed by atoms with Crippen LogP contribution in [0.5, 0.6) is 5.75 Å². The van der Waals surface area contributed by atoms with Crippen molar-refractivity contribution in [3.63, 3.8) is 0 Å². The van der Waals surface area contributed by atoms with Crippen LogP contribution in [0.2, 0.25) is 0 Å². The molecule has 0 spiro atoms. The maximum Gasteiger partial charge on any atom is 0.269 e. The van der Waals surface area contributed by atoms with Crippen LogP contribution in [-0.4, -0.2) is 10.0 Å². The Morgan fingerprint density at radius 1 is 1.27 bits per heavy atom. The molecule has 0 aliphatic carbocycles. The zero-order chi connectivity index (χ0) is 7.56. The van der Waals surface area contributed by atoms with E-state index in [0.29, 0.717) is 0 Å². The molecule has 0 aliphatic heterocycles. The normalized spacial score (nSPS) is 8.36. The SMILES string of the molecule is O=[N+]([O-])c1ccc(O)cc1.[Zr]. The van der Waals surface area contributed by atoms with Gasteiger partial charge in [0.2, 0.25) is 0 Å². The number of aromatic hydroxyl groups is 1. The molecule has 0 saturated carbocycles.